The van der Waals surface area contributed by atoms with Crippen molar-refractivity contribution < 1.29 is 19.5 Å². The molecule has 23 aromatic carbocycles. The zero-order valence-corrected chi connectivity index (χ0v) is 83.8. The largest absolute Gasteiger partial charge is 0.488 e. The van der Waals surface area contributed by atoms with Gasteiger partial charge in [0.25, 0.3) is 0 Å². The summed E-state index contributed by atoms with van der Waals surface area (Å²) in [6.07, 6.45) is 14.4. The topological polar surface area (TPSA) is 68.8 Å². The molecule has 2 aliphatic carbocycles. The first-order chi connectivity index (χ1) is 72.5. The van der Waals surface area contributed by atoms with Gasteiger partial charge in [-0.05, 0) is 340 Å². The van der Waals surface area contributed by atoms with Crippen LogP contribution in [0.15, 0.2) is 473 Å². The molecule has 2 aromatic heterocycles. The molecule has 2 saturated carbocycles. The van der Waals surface area contributed by atoms with Crippen LogP contribution in [0.4, 0.5) is 0 Å². The minimum Gasteiger partial charge on any atom is -0.423 e. The standard InChI is InChI=1S/C58H37N.C34H21Cl.C24H18BNO2.C22H33O2P/c1-2-16-46(17-3-1)59-57-25-13-12-24-53(57)56-35-40(30-31-58(56)59)38-26-28-39(29-27-38)43-32-44(54-36-41-14-4-6-18-47(41)49-20-8-10-22-51(49)54)34-45(33-43)55-37-42-15-5-7-19-48(42)50-21-9-11-23-52(50)55;35-26-18-24(33-20-22-9-1-3-11-27(22)29-13-5-7-15-31(29)33)17-25(19-26)34-21-23-10-2-4-12-28(23)30-14-6-8-16-32(30)34;27-25(28)19-13-10-17(11-14-19)18-12-15-24-22(16-18)21-8-4-5-9-23(21)26(24)20-6-2-1-3-7-20;1-22(23-16-17-24-22)20-14-8-9-15-21(20)25(18-10-4-2-5-11-18)19-12-6-3-7-13-19/h1-37H;1-21H;1-16,27-28H;8-9,14-15,18-19H,2-7,10-13,16-17H2,1H3. The number of nitrogens with zero attached hydrogens (tertiary/aromatic N) is 2. The van der Waals surface area contributed by atoms with Crippen molar-refractivity contribution >= 4 is 167 Å². The summed E-state index contributed by atoms with van der Waals surface area (Å²) in [6, 6.07) is 170. The maximum Gasteiger partial charge on any atom is 0.488 e. The number of ether oxygens (including phenoxy) is 2. The van der Waals surface area contributed by atoms with E-state index < -0.39 is 12.9 Å². The Labute approximate surface area is 863 Å². The molecule has 3 heterocycles. The van der Waals surface area contributed by atoms with E-state index in [-0.39, 0.29) is 7.92 Å². The average molecular weight is 1940 g/mol. The molecule has 0 amide bonds. The van der Waals surface area contributed by atoms with E-state index in [2.05, 4.69) is 459 Å². The third-order valence-electron chi connectivity index (χ3n) is 31.1. The minimum absolute atomic E-state index is 0.121. The number of hydrogen-bond donors (Lipinski definition) is 2. The van der Waals surface area contributed by atoms with Crippen molar-refractivity contribution in [3.63, 3.8) is 0 Å². The Kier molecular flexibility index (Phi) is 25.4. The highest BCUT2D eigenvalue weighted by molar-refractivity contribution is 7.67. The third-order valence-corrected chi connectivity index (χ3v) is 34.8. The molecule has 710 valence electrons. The zero-order chi connectivity index (χ0) is 98.4. The van der Waals surface area contributed by atoms with Gasteiger partial charge in [0, 0.05) is 43.5 Å². The predicted molar refractivity (Wildman–Crippen MR) is 627 cm³/mol. The van der Waals surface area contributed by atoms with E-state index in [1.165, 1.54) is 261 Å². The van der Waals surface area contributed by atoms with Crippen LogP contribution in [-0.4, -0.2) is 50.8 Å². The second kappa shape index (κ2) is 40.4. The van der Waals surface area contributed by atoms with Crippen LogP contribution < -0.4 is 10.8 Å². The molecule has 0 atom stereocenters. The summed E-state index contributed by atoms with van der Waals surface area (Å²) >= 11 is 6.79. The SMILES string of the molecule is CC1(c2ccccc2P(C2CCCCC2)C2CCCCC2)OCCO1.Clc1cc(-c2cc3ccccc3c3ccccc23)cc(-c2cc3ccccc3c3ccccc23)c1.OB(O)c1ccc(-c2ccc3c(c2)c2ccccc2n3-c2ccccc2)cc1.c1ccc(-n2c3ccccc3c3cc(-c4ccc(-c5cc(-c6cc7ccccc7c7ccccc67)cc(-c6cc7ccccc7c7ccccc67)c5)cc4)ccc32)cc1. The van der Waals surface area contributed by atoms with Crippen LogP contribution in [0, 0.1) is 0 Å². The summed E-state index contributed by atoms with van der Waals surface area (Å²) in [5, 5.41) is 46.0. The maximum absolute atomic E-state index is 9.31. The highest BCUT2D eigenvalue weighted by atomic mass is 35.5. The molecule has 1 saturated heterocycles. The van der Waals surface area contributed by atoms with Crippen LogP contribution in [0.2, 0.25) is 5.02 Å². The summed E-state index contributed by atoms with van der Waals surface area (Å²) in [7, 11) is -1.56. The smallest absolute Gasteiger partial charge is 0.423 e. The Balaban J connectivity index is 0.000000109. The second-order valence-corrected chi connectivity index (χ2v) is 43.0. The number of fused-ring (bicyclic) bond motifs is 18. The molecular formula is C138H109BClN2O4P. The van der Waals surface area contributed by atoms with Crippen molar-refractivity contribution in [1.82, 2.24) is 9.13 Å². The van der Waals surface area contributed by atoms with E-state index in [0.29, 0.717) is 5.46 Å². The van der Waals surface area contributed by atoms with Crippen molar-refractivity contribution in [2.24, 2.45) is 0 Å². The van der Waals surface area contributed by atoms with Gasteiger partial charge in [-0.15, -0.1) is 0 Å². The fourth-order valence-corrected chi connectivity index (χ4v) is 28.3. The molecular weight excluding hydrogens is 1830 g/mol. The molecule has 0 spiro atoms. The van der Waals surface area contributed by atoms with E-state index in [0.717, 1.165) is 57.5 Å². The quantitative estimate of drug-likeness (QED) is 0.0647. The minimum atomic E-state index is -1.44. The lowest BCUT2D eigenvalue weighted by molar-refractivity contribution is -0.149. The lowest BCUT2D eigenvalue weighted by atomic mass is 9.80. The van der Waals surface area contributed by atoms with Gasteiger partial charge in [-0.25, -0.2) is 0 Å². The highest BCUT2D eigenvalue weighted by Gasteiger charge is 2.41. The number of aromatic nitrogens is 2. The lowest BCUT2D eigenvalue weighted by Gasteiger charge is -2.41. The lowest BCUT2D eigenvalue weighted by Crippen LogP contribution is -2.34. The first-order valence-corrected chi connectivity index (χ1v) is 53.9. The number of hydrogen-bond acceptors (Lipinski definition) is 4. The van der Waals surface area contributed by atoms with Gasteiger partial charge in [-0.1, -0.05) is 410 Å². The predicted octanol–water partition coefficient (Wildman–Crippen LogP) is 36.2. The number of benzene rings is 23. The van der Waals surface area contributed by atoms with Gasteiger partial charge in [0.1, 0.15) is 0 Å². The number of para-hydroxylation sites is 4. The van der Waals surface area contributed by atoms with Crippen molar-refractivity contribution in [2.45, 2.75) is 88.2 Å². The Bertz CT molecular complexity index is 8990. The van der Waals surface area contributed by atoms with Crippen LogP contribution in [0.25, 0.3) is 219 Å². The zero-order valence-electron chi connectivity index (χ0n) is 82.2. The molecule has 25 aromatic rings. The highest BCUT2D eigenvalue weighted by Crippen LogP contribution is 2.57. The van der Waals surface area contributed by atoms with Crippen LogP contribution in [0.1, 0.15) is 76.7 Å². The van der Waals surface area contributed by atoms with Gasteiger partial charge >= 0.3 is 7.12 Å². The maximum atomic E-state index is 9.31. The molecule has 6 nitrogen and oxygen atoms in total. The van der Waals surface area contributed by atoms with Crippen molar-refractivity contribution in [3.8, 4) is 89.3 Å². The van der Waals surface area contributed by atoms with Crippen LogP contribution in [-0.2, 0) is 15.3 Å². The fraction of sp³-hybridized carbons (Fsp3) is 0.116. The van der Waals surface area contributed by atoms with E-state index in [9.17, 15) is 10.0 Å². The Morgan fingerprint density at radius 1 is 0.252 bits per heavy atom. The van der Waals surface area contributed by atoms with Crippen molar-refractivity contribution in [1.29, 1.82) is 0 Å². The van der Waals surface area contributed by atoms with Crippen molar-refractivity contribution in [2.75, 3.05) is 13.2 Å². The molecule has 28 rings (SSSR count). The number of rotatable bonds is 14. The van der Waals surface area contributed by atoms with Gasteiger partial charge in [-0.3, -0.25) is 0 Å². The summed E-state index contributed by atoms with van der Waals surface area (Å²) in [5.74, 6) is -0.527. The Morgan fingerprint density at radius 2 is 0.537 bits per heavy atom. The third kappa shape index (κ3) is 17.9. The summed E-state index contributed by atoms with van der Waals surface area (Å²) in [4.78, 5) is 0. The molecule has 0 bridgehead atoms. The van der Waals surface area contributed by atoms with Gasteiger partial charge < -0.3 is 28.7 Å². The first-order valence-electron chi connectivity index (χ1n) is 52.0. The van der Waals surface area contributed by atoms with Crippen LogP contribution in [0.3, 0.4) is 0 Å². The van der Waals surface area contributed by atoms with E-state index in [4.69, 9.17) is 21.1 Å². The van der Waals surface area contributed by atoms with E-state index in [1.807, 2.05) is 18.2 Å². The molecule has 1 aliphatic heterocycles. The van der Waals surface area contributed by atoms with Crippen molar-refractivity contribution in [3.05, 3.63) is 484 Å². The molecule has 9 heteroatoms. The summed E-state index contributed by atoms with van der Waals surface area (Å²) in [5.41, 5.74) is 27.2. The monoisotopic (exact) mass is 1930 g/mol. The molecule has 3 fully saturated rings. The molecule has 2 N–H and O–H groups in total. The van der Waals surface area contributed by atoms with Gasteiger partial charge in [-0.2, -0.15) is 0 Å². The first kappa shape index (κ1) is 92.5. The second-order valence-electron chi connectivity index (χ2n) is 39.9. The fourth-order valence-electron chi connectivity index (χ4n) is 24.1. The Morgan fingerprint density at radius 3 is 0.912 bits per heavy atom. The summed E-state index contributed by atoms with van der Waals surface area (Å²) in [6.45, 7) is 3.57. The summed E-state index contributed by atoms with van der Waals surface area (Å²) < 4.78 is 16.8. The van der Waals surface area contributed by atoms with Gasteiger partial charge in [0.2, 0.25) is 0 Å². The van der Waals surface area contributed by atoms with Crippen LogP contribution in [0.5, 0.6) is 0 Å². The normalized spacial score (nSPS) is 13.9. The van der Waals surface area contributed by atoms with Gasteiger partial charge in [0.15, 0.2) is 5.79 Å². The van der Waals surface area contributed by atoms with E-state index >= 15 is 0 Å². The molecule has 0 radical (unpaired) electrons. The number of halogens is 1. The van der Waals surface area contributed by atoms with E-state index in [1.54, 1.807) is 17.4 Å². The molecule has 0 unspecified atom stereocenters. The molecule has 3 aliphatic rings. The van der Waals surface area contributed by atoms with Gasteiger partial charge in [0.05, 0.1) is 35.3 Å². The Hall–Kier alpha value is -15.6. The van der Waals surface area contributed by atoms with Crippen LogP contribution >= 0.6 is 19.5 Å². The average Bonchev–Trinajstić information content (AvgIpc) is 1.74. The molecule has 147 heavy (non-hydrogen) atoms.